The van der Waals surface area contributed by atoms with Crippen LogP contribution < -0.4 is 15.4 Å². The van der Waals surface area contributed by atoms with Crippen LogP contribution >= 0.6 is 0 Å². The normalized spacial score (nSPS) is 15.8. The largest absolute Gasteiger partial charge is 0.462 e. The summed E-state index contributed by atoms with van der Waals surface area (Å²) in [6.07, 6.45) is -13.3. The Morgan fingerprint density at radius 3 is 1.86 bits per heavy atom. The van der Waals surface area contributed by atoms with Crippen LogP contribution in [0.4, 0.5) is 13.2 Å². The number of hydrogen-bond donors (Lipinski definition) is 7. The van der Waals surface area contributed by atoms with E-state index in [0.717, 1.165) is 6.07 Å². The Balaban J connectivity index is 2.49. The van der Waals surface area contributed by atoms with Gasteiger partial charge >= 0.3 is 6.18 Å². The van der Waals surface area contributed by atoms with Gasteiger partial charge in [-0.1, -0.05) is 13.0 Å². The lowest BCUT2D eigenvalue weighted by molar-refractivity contribution is -0.176. The van der Waals surface area contributed by atoms with Crippen molar-refractivity contribution in [3.8, 4) is 16.9 Å². The van der Waals surface area contributed by atoms with E-state index >= 15 is 0 Å². The van der Waals surface area contributed by atoms with E-state index in [1.54, 1.807) is 0 Å². The Morgan fingerprint density at radius 2 is 1.41 bits per heavy atom. The minimum atomic E-state index is -5.00. The van der Waals surface area contributed by atoms with E-state index in [4.69, 9.17) is 9.84 Å². The molecule has 0 bridgehead atoms. The van der Waals surface area contributed by atoms with E-state index in [9.17, 15) is 43.2 Å². The fourth-order valence-electron chi connectivity index (χ4n) is 3.39. The van der Waals surface area contributed by atoms with Crippen LogP contribution in [0.15, 0.2) is 36.4 Å². The van der Waals surface area contributed by atoms with Crippen molar-refractivity contribution in [2.24, 2.45) is 5.92 Å². The first-order valence-electron chi connectivity index (χ1n) is 11.1. The average Bonchev–Trinajstić information content (AvgIpc) is 2.89. The molecule has 7 N–H and O–H groups in total. The van der Waals surface area contributed by atoms with Crippen LogP contribution in [0.5, 0.6) is 5.75 Å². The highest BCUT2D eigenvalue weighted by atomic mass is 19.4. The van der Waals surface area contributed by atoms with Gasteiger partial charge in [-0.15, -0.1) is 0 Å². The summed E-state index contributed by atoms with van der Waals surface area (Å²) in [4.78, 5) is 24.3. The number of ether oxygens (including phenoxy) is 1. The van der Waals surface area contributed by atoms with Gasteiger partial charge in [0.05, 0.1) is 11.7 Å². The summed E-state index contributed by atoms with van der Waals surface area (Å²) in [6.45, 7) is 0.771. The molecular formula is C24H29F3N2O8. The first-order valence-corrected chi connectivity index (χ1v) is 11.1. The van der Waals surface area contributed by atoms with E-state index in [2.05, 4.69) is 10.6 Å². The zero-order chi connectivity index (χ0) is 28.1. The van der Waals surface area contributed by atoms with E-state index < -0.39 is 66.4 Å². The minimum absolute atomic E-state index is 0.0238. The Kier molecular flexibility index (Phi) is 10.0. The highest BCUT2D eigenvalue weighted by Gasteiger charge is 2.38. The van der Waals surface area contributed by atoms with Gasteiger partial charge in [-0.05, 0) is 41.5 Å². The van der Waals surface area contributed by atoms with E-state index in [0.29, 0.717) is 6.07 Å². The molecule has 204 valence electrons. The molecule has 0 aliphatic heterocycles. The molecule has 0 saturated carbocycles. The predicted molar refractivity (Wildman–Crippen MR) is 125 cm³/mol. The fourth-order valence-corrected chi connectivity index (χ4v) is 3.39. The number of halogens is 3. The highest BCUT2D eigenvalue weighted by molar-refractivity contribution is 6.01. The molecule has 2 aromatic rings. The Hall–Kier alpha value is -3.23. The summed E-state index contributed by atoms with van der Waals surface area (Å²) < 4.78 is 46.6. The molecule has 0 aliphatic rings. The molecule has 0 heterocycles. The molecule has 0 saturated heterocycles. The van der Waals surface area contributed by atoms with Gasteiger partial charge in [0.25, 0.3) is 11.8 Å². The van der Waals surface area contributed by atoms with Crippen molar-refractivity contribution in [2.75, 3.05) is 20.7 Å². The van der Waals surface area contributed by atoms with Crippen molar-refractivity contribution in [3.05, 3.63) is 53.1 Å². The summed E-state index contributed by atoms with van der Waals surface area (Å²) in [7, 11) is 2.70. The number of rotatable bonds is 10. The van der Waals surface area contributed by atoms with Crippen LogP contribution in [0.1, 0.15) is 33.2 Å². The van der Waals surface area contributed by atoms with Gasteiger partial charge in [0.2, 0.25) is 6.29 Å². The van der Waals surface area contributed by atoms with Crippen molar-refractivity contribution in [1.29, 1.82) is 0 Å². The molecule has 0 spiro atoms. The zero-order valence-electron chi connectivity index (χ0n) is 20.2. The molecule has 5 atom stereocenters. The minimum Gasteiger partial charge on any atom is -0.462 e. The third kappa shape index (κ3) is 7.17. The third-order valence-corrected chi connectivity index (χ3v) is 5.64. The van der Waals surface area contributed by atoms with E-state index in [1.807, 2.05) is 0 Å². The molecule has 0 fully saturated rings. The van der Waals surface area contributed by atoms with E-state index in [1.165, 1.54) is 45.3 Å². The number of aliphatic hydroxyl groups is 5. The number of benzene rings is 2. The molecule has 0 aliphatic carbocycles. The Bertz CT molecular complexity index is 1080. The first-order chi connectivity index (χ1) is 17.2. The molecule has 5 unspecified atom stereocenters. The maximum absolute atomic E-state index is 13.9. The van der Waals surface area contributed by atoms with Crippen LogP contribution in [-0.4, -0.2) is 82.7 Å². The van der Waals surface area contributed by atoms with Crippen molar-refractivity contribution in [3.63, 3.8) is 0 Å². The van der Waals surface area contributed by atoms with Crippen LogP contribution in [0.2, 0.25) is 0 Å². The number of carbonyl (C=O) groups is 2. The van der Waals surface area contributed by atoms with Gasteiger partial charge in [0, 0.05) is 37.7 Å². The van der Waals surface area contributed by atoms with Gasteiger partial charge < -0.3 is 40.9 Å². The lowest BCUT2D eigenvalue weighted by Crippen LogP contribution is -2.49. The quantitative estimate of drug-likeness (QED) is 0.218. The molecule has 0 radical (unpaired) electrons. The van der Waals surface area contributed by atoms with Crippen molar-refractivity contribution >= 4 is 11.8 Å². The SMILES string of the molecule is CNC(=O)c1cc(C(=O)NC)cc(-c2ccc(OC(O)C(O)C(O)C(O)C(C)CO)c(C(F)(F)F)c2)c1. The fraction of sp³-hybridized carbons (Fsp3) is 0.417. The summed E-state index contributed by atoms with van der Waals surface area (Å²) in [5, 5.41) is 53.9. The first kappa shape index (κ1) is 30.0. The van der Waals surface area contributed by atoms with E-state index in [-0.39, 0.29) is 22.3 Å². The molecule has 10 nitrogen and oxygen atoms in total. The summed E-state index contributed by atoms with van der Waals surface area (Å²) in [5.74, 6) is -2.95. The standard InChI is InChI=1S/C24H29F3N2O8/c1-11(10-30)18(31)19(32)20(33)23(36)37-17-5-4-12(9-16(17)24(25,26)27)13-6-14(21(34)28-2)8-15(7-13)22(35)29-3/h4-9,11,18-20,23,30-33,36H,10H2,1-3H3,(H,28,34)(H,29,35). The second kappa shape index (κ2) is 12.3. The van der Waals surface area contributed by atoms with Crippen molar-refractivity contribution in [1.82, 2.24) is 10.6 Å². The summed E-state index contributed by atoms with van der Waals surface area (Å²) >= 11 is 0. The van der Waals surface area contributed by atoms with Crippen molar-refractivity contribution in [2.45, 2.75) is 37.7 Å². The smallest absolute Gasteiger partial charge is 0.419 e. The highest BCUT2D eigenvalue weighted by Crippen LogP contribution is 2.39. The van der Waals surface area contributed by atoms with Crippen LogP contribution in [0.25, 0.3) is 11.1 Å². The van der Waals surface area contributed by atoms with Gasteiger partial charge in [0.1, 0.15) is 18.0 Å². The lowest BCUT2D eigenvalue weighted by atomic mass is 9.96. The maximum Gasteiger partial charge on any atom is 0.419 e. The topological polar surface area (TPSA) is 169 Å². The molecule has 2 amide bonds. The molecule has 37 heavy (non-hydrogen) atoms. The summed E-state index contributed by atoms with van der Waals surface area (Å²) in [5.41, 5.74) is -1.25. The van der Waals surface area contributed by atoms with Crippen LogP contribution in [-0.2, 0) is 6.18 Å². The Labute approximate surface area is 210 Å². The summed E-state index contributed by atoms with van der Waals surface area (Å²) in [6, 6.07) is 6.57. The molecule has 2 rings (SSSR count). The molecule has 13 heteroatoms. The number of nitrogens with one attached hydrogen (secondary N) is 2. The second-order valence-electron chi connectivity index (χ2n) is 8.31. The second-order valence-corrected chi connectivity index (χ2v) is 8.31. The third-order valence-electron chi connectivity index (χ3n) is 5.64. The molecule has 0 aromatic heterocycles. The number of alkyl halides is 3. The number of aliphatic hydroxyl groups excluding tert-OH is 5. The average molecular weight is 530 g/mol. The molecule has 2 aromatic carbocycles. The number of amides is 2. The number of carbonyl (C=O) groups excluding carboxylic acids is 2. The number of hydrogen-bond acceptors (Lipinski definition) is 8. The lowest BCUT2D eigenvalue weighted by Gasteiger charge is -2.29. The predicted octanol–water partition coefficient (Wildman–Crippen LogP) is 0.500. The van der Waals surface area contributed by atoms with Crippen LogP contribution in [0, 0.1) is 5.92 Å². The monoisotopic (exact) mass is 530 g/mol. The van der Waals surface area contributed by atoms with Gasteiger partial charge in [-0.2, -0.15) is 13.2 Å². The zero-order valence-corrected chi connectivity index (χ0v) is 20.2. The molecular weight excluding hydrogens is 501 g/mol. The Morgan fingerprint density at radius 1 is 0.865 bits per heavy atom. The maximum atomic E-state index is 13.9. The van der Waals surface area contributed by atoms with Gasteiger partial charge in [-0.25, -0.2) is 0 Å². The van der Waals surface area contributed by atoms with Crippen molar-refractivity contribution < 1.29 is 53.0 Å². The van der Waals surface area contributed by atoms with Gasteiger partial charge in [0.15, 0.2) is 0 Å². The van der Waals surface area contributed by atoms with Crippen LogP contribution in [0.3, 0.4) is 0 Å². The van der Waals surface area contributed by atoms with Gasteiger partial charge in [-0.3, -0.25) is 9.59 Å².